The minimum atomic E-state index is -0.362. The summed E-state index contributed by atoms with van der Waals surface area (Å²) in [6.45, 7) is 4.63. The Kier molecular flexibility index (Phi) is 4.22. The molecule has 1 aromatic carbocycles. The maximum atomic E-state index is 11.0. The van der Waals surface area contributed by atoms with Gasteiger partial charge in [-0.3, -0.25) is 0 Å². The van der Waals surface area contributed by atoms with Crippen LogP contribution < -0.4 is 5.32 Å². The molecule has 4 fully saturated rings. The zero-order chi connectivity index (χ0) is 16.9. The van der Waals surface area contributed by atoms with Crippen molar-refractivity contribution >= 4 is 11.6 Å². The molecule has 0 saturated heterocycles. The first-order valence-electron chi connectivity index (χ1n) is 9.59. The second kappa shape index (κ2) is 6.00. The van der Waals surface area contributed by atoms with Crippen molar-refractivity contribution in [3.8, 4) is 0 Å². The van der Waals surface area contributed by atoms with Crippen LogP contribution in [0.5, 0.6) is 0 Å². The summed E-state index contributed by atoms with van der Waals surface area (Å²) in [5, 5.41) is 15.6. The number of hydrogen-bond donors (Lipinski definition) is 2. The summed E-state index contributed by atoms with van der Waals surface area (Å²) >= 11 is 5.98. The fourth-order valence-electron chi connectivity index (χ4n) is 6.43. The molecule has 0 aromatic heterocycles. The van der Waals surface area contributed by atoms with Crippen LogP contribution in [0.25, 0.3) is 0 Å². The maximum Gasteiger partial charge on any atom is 0.0659 e. The van der Waals surface area contributed by atoms with E-state index in [0.717, 1.165) is 42.5 Å². The van der Waals surface area contributed by atoms with Crippen LogP contribution in [0.4, 0.5) is 0 Å². The van der Waals surface area contributed by atoms with Gasteiger partial charge in [-0.15, -0.1) is 0 Å². The van der Waals surface area contributed by atoms with Crippen LogP contribution in [0.1, 0.15) is 57.9 Å². The molecule has 0 spiro atoms. The van der Waals surface area contributed by atoms with Crippen molar-refractivity contribution in [1.29, 1.82) is 0 Å². The largest absolute Gasteiger partial charge is 0.390 e. The average Bonchev–Trinajstić information content (AvgIpc) is 2.47. The fourth-order valence-corrected chi connectivity index (χ4v) is 6.55. The zero-order valence-electron chi connectivity index (χ0n) is 14.9. The highest BCUT2D eigenvalue weighted by Gasteiger charge is 2.58. The van der Waals surface area contributed by atoms with Gasteiger partial charge in [0, 0.05) is 17.1 Å². The molecule has 4 saturated carbocycles. The lowest BCUT2D eigenvalue weighted by molar-refractivity contribution is -0.172. The standard InChI is InChI=1S/C21H30ClNO/c1-14(7-16-3-5-19(22)6-4-16)23-15(2)20-9-17-8-18(10-20)12-21(24,11-17)13-20/h3-6,14-15,17-18,23-24H,7-13H2,1-2H3/t14-,15-,17+,18+,20?,21?/m1/s1. The van der Waals surface area contributed by atoms with E-state index in [0.29, 0.717) is 17.5 Å². The Labute approximate surface area is 151 Å². The average molecular weight is 348 g/mol. The first-order chi connectivity index (χ1) is 11.4. The highest BCUT2D eigenvalue weighted by atomic mass is 35.5. The molecule has 0 amide bonds. The molecule has 2 N–H and O–H groups in total. The van der Waals surface area contributed by atoms with E-state index in [2.05, 4.69) is 31.3 Å². The molecule has 4 bridgehead atoms. The quantitative estimate of drug-likeness (QED) is 0.817. The molecule has 24 heavy (non-hydrogen) atoms. The van der Waals surface area contributed by atoms with Gasteiger partial charge in [-0.2, -0.15) is 0 Å². The van der Waals surface area contributed by atoms with Crippen LogP contribution >= 0.6 is 11.6 Å². The minimum Gasteiger partial charge on any atom is -0.390 e. The van der Waals surface area contributed by atoms with E-state index >= 15 is 0 Å². The van der Waals surface area contributed by atoms with Gasteiger partial charge in [0.25, 0.3) is 0 Å². The molecular formula is C21H30ClNO. The molecule has 0 radical (unpaired) electrons. The molecule has 132 valence electrons. The Morgan fingerprint density at radius 3 is 2.33 bits per heavy atom. The van der Waals surface area contributed by atoms with E-state index in [1.165, 1.54) is 24.8 Å². The lowest BCUT2D eigenvalue weighted by atomic mass is 9.46. The number of aliphatic hydroxyl groups is 1. The van der Waals surface area contributed by atoms with Crippen LogP contribution in [0, 0.1) is 17.3 Å². The number of hydrogen-bond acceptors (Lipinski definition) is 2. The van der Waals surface area contributed by atoms with Gasteiger partial charge in [-0.05, 0) is 93.7 Å². The number of rotatable bonds is 5. The van der Waals surface area contributed by atoms with Crippen molar-refractivity contribution in [3.63, 3.8) is 0 Å². The highest BCUT2D eigenvalue weighted by Crippen LogP contribution is 2.62. The van der Waals surface area contributed by atoms with Crippen LogP contribution in [-0.2, 0) is 6.42 Å². The van der Waals surface area contributed by atoms with E-state index in [1.807, 2.05) is 12.1 Å². The maximum absolute atomic E-state index is 11.0. The van der Waals surface area contributed by atoms with Crippen molar-refractivity contribution in [2.24, 2.45) is 17.3 Å². The monoisotopic (exact) mass is 347 g/mol. The molecule has 4 aliphatic rings. The Hall–Kier alpha value is -0.570. The third-order valence-electron chi connectivity index (χ3n) is 6.98. The molecule has 0 unspecified atom stereocenters. The molecule has 3 heteroatoms. The smallest absolute Gasteiger partial charge is 0.0659 e. The Morgan fingerprint density at radius 2 is 1.75 bits per heavy atom. The van der Waals surface area contributed by atoms with Gasteiger partial charge < -0.3 is 10.4 Å². The summed E-state index contributed by atoms with van der Waals surface area (Å²) in [6, 6.07) is 9.10. The third-order valence-corrected chi connectivity index (χ3v) is 7.24. The highest BCUT2D eigenvalue weighted by molar-refractivity contribution is 6.30. The minimum absolute atomic E-state index is 0.313. The van der Waals surface area contributed by atoms with Crippen molar-refractivity contribution < 1.29 is 5.11 Å². The topological polar surface area (TPSA) is 32.3 Å². The Balaban J connectivity index is 1.42. The van der Waals surface area contributed by atoms with Crippen molar-refractivity contribution in [2.45, 2.75) is 76.5 Å². The molecular weight excluding hydrogens is 318 g/mol. The van der Waals surface area contributed by atoms with Crippen LogP contribution in [0.3, 0.4) is 0 Å². The van der Waals surface area contributed by atoms with Crippen molar-refractivity contribution in [2.75, 3.05) is 0 Å². The van der Waals surface area contributed by atoms with Gasteiger partial charge in [0.1, 0.15) is 0 Å². The zero-order valence-corrected chi connectivity index (χ0v) is 15.6. The van der Waals surface area contributed by atoms with Gasteiger partial charge in [-0.1, -0.05) is 23.7 Å². The lowest BCUT2D eigenvalue weighted by Gasteiger charge is -2.62. The predicted molar refractivity (Wildman–Crippen MR) is 99.3 cm³/mol. The van der Waals surface area contributed by atoms with Gasteiger partial charge in [0.05, 0.1) is 5.60 Å². The molecule has 4 aliphatic carbocycles. The molecule has 5 rings (SSSR count). The van der Waals surface area contributed by atoms with E-state index in [1.54, 1.807) is 0 Å². The second-order valence-corrected chi connectivity index (χ2v) is 9.60. The number of halogens is 1. The first kappa shape index (κ1) is 16.9. The SMILES string of the molecule is C[C@H](Cc1ccc(Cl)cc1)N[C@H](C)C12C[C@@H]3C[C@H](CC(O)(C3)C1)C2. The molecule has 1 aromatic rings. The van der Waals surface area contributed by atoms with Gasteiger partial charge in [0.2, 0.25) is 0 Å². The molecule has 0 heterocycles. The first-order valence-corrected chi connectivity index (χ1v) is 9.97. The third kappa shape index (κ3) is 3.13. The van der Waals surface area contributed by atoms with E-state index < -0.39 is 0 Å². The summed E-state index contributed by atoms with van der Waals surface area (Å²) < 4.78 is 0. The normalized spacial score (nSPS) is 39.8. The predicted octanol–water partition coefficient (Wildman–Crippen LogP) is 4.58. The summed E-state index contributed by atoms with van der Waals surface area (Å²) in [4.78, 5) is 0. The summed E-state index contributed by atoms with van der Waals surface area (Å²) in [6.07, 6.45) is 8.12. The van der Waals surface area contributed by atoms with E-state index in [9.17, 15) is 5.11 Å². The van der Waals surface area contributed by atoms with E-state index in [-0.39, 0.29) is 5.60 Å². The number of nitrogens with one attached hydrogen (secondary N) is 1. The molecule has 4 atom stereocenters. The van der Waals surface area contributed by atoms with Crippen LogP contribution in [0.15, 0.2) is 24.3 Å². The van der Waals surface area contributed by atoms with Crippen LogP contribution in [-0.4, -0.2) is 22.8 Å². The Morgan fingerprint density at radius 1 is 1.12 bits per heavy atom. The van der Waals surface area contributed by atoms with E-state index in [4.69, 9.17) is 11.6 Å². The number of benzene rings is 1. The molecule has 0 aliphatic heterocycles. The summed E-state index contributed by atoms with van der Waals surface area (Å²) in [7, 11) is 0. The Bertz CT molecular complexity index is 584. The summed E-state index contributed by atoms with van der Waals surface area (Å²) in [5.41, 5.74) is 1.28. The van der Waals surface area contributed by atoms with Crippen LogP contribution in [0.2, 0.25) is 5.02 Å². The van der Waals surface area contributed by atoms with Gasteiger partial charge in [-0.25, -0.2) is 0 Å². The van der Waals surface area contributed by atoms with Crippen molar-refractivity contribution in [3.05, 3.63) is 34.9 Å². The fraction of sp³-hybridized carbons (Fsp3) is 0.714. The van der Waals surface area contributed by atoms with Gasteiger partial charge in [0.15, 0.2) is 0 Å². The second-order valence-electron chi connectivity index (χ2n) is 9.17. The van der Waals surface area contributed by atoms with Crippen molar-refractivity contribution in [1.82, 2.24) is 5.32 Å². The van der Waals surface area contributed by atoms with Gasteiger partial charge >= 0.3 is 0 Å². The summed E-state index contributed by atoms with van der Waals surface area (Å²) in [5.74, 6) is 1.51. The molecule has 2 nitrogen and oxygen atoms in total. The lowest BCUT2D eigenvalue weighted by Crippen LogP contribution is -2.62.